The van der Waals surface area contributed by atoms with E-state index in [0.29, 0.717) is 19.3 Å². The second-order valence-corrected chi connectivity index (χ2v) is 5.45. The summed E-state index contributed by atoms with van der Waals surface area (Å²) in [6, 6.07) is 0. The second-order valence-electron chi connectivity index (χ2n) is 3.91. The monoisotopic (exact) mass is 242 g/mol. The summed E-state index contributed by atoms with van der Waals surface area (Å²) in [7, 11) is -5.48. The molecule has 0 N–H and O–H groups in total. The predicted molar refractivity (Wildman–Crippen MR) is 45.3 cm³/mol. The fraction of sp³-hybridized carbons (Fsp3) is 0.750. The zero-order valence-electron chi connectivity index (χ0n) is 7.62. The Balaban J connectivity index is 2.20. The van der Waals surface area contributed by atoms with Gasteiger partial charge in [-0.25, -0.2) is 0 Å². The molecule has 0 spiro atoms. The molecule has 1 saturated carbocycles. The molecule has 0 aromatic heterocycles. The van der Waals surface area contributed by atoms with Crippen LogP contribution in [0.15, 0.2) is 12.2 Å². The molecule has 7 heteroatoms. The lowest BCUT2D eigenvalue weighted by Gasteiger charge is -2.23. The Morgan fingerprint density at radius 1 is 1.40 bits per heavy atom. The van der Waals surface area contributed by atoms with Gasteiger partial charge in [0.15, 0.2) is 0 Å². The number of hydrogen-bond donors (Lipinski definition) is 0. The van der Waals surface area contributed by atoms with Crippen molar-refractivity contribution in [3.8, 4) is 0 Å². The summed E-state index contributed by atoms with van der Waals surface area (Å²) in [4.78, 5) is 0. The maximum absolute atomic E-state index is 12.1. The Labute approximate surface area is 85.0 Å². The lowest BCUT2D eigenvalue weighted by atomic mass is 10.0. The average molecular weight is 242 g/mol. The molecule has 0 radical (unpaired) electrons. The highest BCUT2D eigenvalue weighted by atomic mass is 32.2. The third-order valence-electron chi connectivity index (χ3n) is 2.78. The molecule has 2 rings (SSSR count). The molecule has 2 bridgehead atoms. The molecule has 0 saturated heterocycles. The van der Waals surface area contributed by atoms with Gasteiger partial charge >= 0.3 is 15.6 Å². The standard InChI is InChI=1S/C8H9F3O3S/c9-8(10,11)15(12,13)14-7-3-1-6(5-7)2-4-7/h1,3,6H,2,4-5H2. The smallest absolute Gasteiger partial charge is 0.252 e. The van der Waals surface area contributed by atoms with Gasteiger partial charge in [-0.1, -0.05) is 12.2 Å². The van der Waals surface area contributed by atoms with E-state index in [1.54, 1.807) is 6.08 Å². The van der Waals surface area contributed by atoms with Gasteiger partial charge in [-0.15, -0.1) is 0 Å². The minimum absolute atomic E-state index is 0.161. The molecule has 0 amide bonds. The molecule has 2 aliphatic rings. The maximum atomic E-state index is 12.1. The van der Waals surface area contributed by atoms with Crippen LogP contribution in [0.5, 0.6) is 0 Å². The second kappa shape index (κ2) is 2.98. The van der Waals surface area contributed by atoms with Gasteiger partial charge in [-0.05, 0) is 25.2 Å². The Kier molecular flexibility index (Phi) is 2.17. The summed E-state index contributed by atoms with van der Waals surface area (Å²) in [6.45, 7) is 0. The Bertz CT molecular complexity index is 398. The average Bonchev–Trinajstić information content (AvgIpc) is 2.59. The van der Waals surface area contributed by atoms with Crippen molar-refractivity contribution in [2.45, 2.75) is 30.4 Å². The third kappa shape index (κ3) is 1.78. The van der Waals surface area contributed by atoms with Gasteiger partial charge in [-0.2, -0.15) is 21.6 Å². The molecule has 86 valence electrons. The first-order valence-corrected chi connectivity index (χ1v) is 5.86. The Morgan fingerprint density at radius 3 is 2.40 bits per heavy atom. The fourth-order valence-corrected chi connectivity index (χ4v) is 2.81. The van der Waals surface area contributed by atoms with Crippen molar-refractivity contribution in [1.29, 1.82) is 0 Å². The maximum Gasteiger partial charge on any atom is 0.523 e. The molecule has 1 fully saturated rings. The van der Waals surface area contributed by atoms with Gasteiger partial charge < -0.3 is 0 Å². The van der Waals surface area contributed by atoms with Crippen molar-refractivity contribution < 1.29 is 25.8 Å². The van der Waals surface area contributed by atoms with Crippen molar-refractivity contribution in [3.05, 3.63) is 12.2 Å². The van der Waals surface area contributed by atoms with Crippen LogP contribution < -0.4 is 0 Å². The predicted octanol–water partition coefficient (Wildman–Crippen LogP) is 1.96. The highest BCUT2D eigenvalue weighted by molar-refractivity contribution is 7.87. The van der Waals surface area contributed by atoms with Gasteiger partial charge in [0.05, 0.1) is 0 Å². The molecule has 0 aromatic rings. The topological polar surface area (TPSA) is 43.4 Å². The van der Waals surface area contributed by atoms with Crippen LogP contribution >= 0.6 is 0 Å². The Morgan fingerprint density at radius 2 is 2.07 bits per heavy atom. The van der Waals surface area contributed by atoms with E-state index in [9.17, 15) is 21.6 Å². The summed E-state index contributed by atoms with van der Waals surface area (Å²) in [5.74, 6) is 0.161. The first-order valence-electron chi connectivity index (χ1n) is 4.45. The number of alkyl halides is 3. The first kappa shape index (κ1) is 10.9. The number of fused-ring (bicyclic) bond motifs is 2. The van der Waals surface area contributed by atoms with Crippen LogP contribution in [0.25, 0.3) is 0 Å². The van der Waals surface area contributed by atoms with Crippen molar-refractivity contribution in [3.63, 3.8) is 0 Å². The zero-order valence-corrected chi connectivity index (χ0v) is 8.44. The van der Waals surface area contributed by atoms with E-state index < -0.39 is 21.2 Å². The van der Waals surface area contributed by atoms with Gasteiger partial charge in [-0.3, -0.25) is 4.18 Å². The van der Waals surface area contributed by atoms with Crippen LogP contribution in [0.2, 0.25) is 0 Å². The van der Waals surface area contributed by atoms with Gasteiger partial charge in [0.2, 0.25) is 0 Å². The largest absolute Gasteiger partial charge is 0.523 e. The van der Waals surface area contributed by atoms with E-state index in [4.69, 9.17) is 0 Å². The minimum Gasteiger partial charge on any atom is -0.252 e. The number of allylic oxidation sites excluding steroid dienone is 1. The van der Waals surface area contributed by atoms with Crippen molar-refractivity contribution >= 4 is 10.1 Å². The lowest BCUT2D eigenvalue weighted by molar-refractivity contribution is -0.0610. The molecule has 2 aliphatic carbocycles. The molecule has 2 atom stereocenters. The van der Waals surface area contributed by atoms with Crippen molar-refractivity contribution in [2.24, 2.45) is 5.92 Å². The molecule has 0 heterocycles. The van der Waals surface area contributed by atoms with Crippen LogP contribution in [0.3, 0.4) is 0 Å². The van der Waals surface area contributed by atoms with Gasteiger partial charge in [0.1, 0.15) is 5.60 Å². The SMILES string of the molecule is O=S(=O)(OC12C=CC(CC1)C2)C(F)(F)F. The van der Waals surface area contributed by atoms with Crippen LogP contribution in [0.4, 0.5) is 13.2 Å². The van der Waals surface area contributed by atoms with Crippen molar-refractivity contribution in [1.82, 2.24) is 0 Å². The minimum atomic E-state index is -5.48. The third-order valence-corrected chi connectivity index (χ3v) is 3.90. The Hall–Kier alpha value is -0.560. The van der Waals surface area contributed by atoms with E-state index >= 15 is 0 Å². The molecule has 3 nitrogen and oxygen atoms in total. The summed E-state index contributed by atoms with van der Waals surface area (Å²) in [5, 5.41) is 0. The molecular weight excluding hydrogens is 233 g/mol. The van der Waals surface area contributed by atoms with E-state index in [2.05, 4.69) is 4.18 Å². The summed E-state index contributed by atoms with van der Waals surface area (Å²) in [5.41, 5.74) is -6.57. The van der Waals surface area contributed by atoms with Gasteiger partial charge in [0, 0.05) is 0 Å². The zero-order chi connectivity index (χ0) is 11.3. The van der Waals surface area contributed by atoms with Gasteiger partial charge in [0.25, 0.3) is 0 Å². The molecular formula is C8H9F3O3S. The van der Waals surface area contributed by atoms with Crippen molar-refractivity contribution in [2.75, 3.05) is 0 Å². The van der Waals surface area contributed by atoms with E-state index in [1.165, 1.54) is 6.08 Å². The van der Waals surface area contributed by atoms with Crippen LogP contribution in [-0.4, -0.2) is 19.5 Å². The fourth-order valence-electron chi connectivity index (χ4n) is 2.07. The highest BCUT2D eigenvalue weighted by Gasteiger charge is 2.54. The molecule has 0 aliphatic heterocycles. The lowest BCUT2D eigenvalue weighted by Crippen LogP contribution is -2.35. The molecule has 0 aromatic carbocycles. The summed E-state index contributed by atoms with van der Waals surface area (Å²) >= 11 is 0. The van der Waals surface area contributed by atoms with E-state index in [-0.39, 0.29) is 5.92 Å². The number of rotatable bonds is 2. The molecule has 15 heavy (non-hydrogen) atoms. The quantitative estimate of drug-likeness (QED) is 0.422. The highest BCUT2D eigenvalue weighted by Crippen LogP contribution is 2.47. The normalized spacial score (nSPS) is 35.0. The van der Waals surface area contributed by atoms with Crippen LogP contribution in [-0.2, 0) is 14.3 Å². The summed E-state index contributed by atoms with van der Waals surface area (Å²) in [6.07, 6.45) is 4.51. The number of hydrogen-bond acceptors (Lipinski definition) is 3. The van der Waals surface area contributed by atoms with Crippen LogP contribution in [0, 0.1) is 5.92 Å². The van der Waals surface area contributed by atoms with Crippen LogP contribution in [0.1, 0.15) is 19.3 Å². The number of halogens is 3. The first-order chi connectivity index (χ1) is 6.74. The summed E-state index contributed by atoms with van der Waals surface area (Å²) < 4.78 is 62.1. The molecule has 2 unspecified atom stereocenters. The van der Waals surface area contributed by atoms with E-state index in [0.717, 1.165) is 0 Å². The van der Waals surface area contributed by atoms with E-state index in [1.807, 2.05) is 0 Å².